The van der Waals surface area contributed by atoms with Gasteiger partial charge >= 0.3 is 0 Å². The lowest BCUT2D eigenvalue weighted by Gasteiger charge is -2.10. The maximum absolute atomic E-state index is 12.3. The van der Waals surface area contributed by atoms with Gasteiger partial charge in [-0.3, -0.25) is 14.8 Å². The van der Waals surface area contributed by atoms with Crippen LogP contribution in [0.15, 0.2) is 41.4 Å². The van der Waals surface area contributed by atoms with Crippen molar-refractivity contribution in [2.24, 2.45) is 0 Å². The molecular formula is C12H11N3O5S. The van der Waals surface area contributed by atoms with Crippen LogP contribution in [0.2, 0.25) is 0 Å². The first-order chi connectivity index (χ1) is 9.83. The maximum atomic E-state index is 12.3. The Bertz CT molecular complexity index is 804. The topological polar surface area (TPSA) is 122 Å². The van der Waals surface area contributed by atoms with E-state index in [4.69, 9.17) is 0 Å². The summed E-state index contributed by atoms with van der Waals surface area (Å²) in [4.78, 5) is 13.6. The van der Waals surface area contributed by atoms with Gasteiger partial charge in [-0.2, -0.15) is 0 Å². The van der Waals surface area contributed by atoms with Crippen molar-refractivity contribution in [3.63, 3.8) is 0 Å². The molecule has 0 atom stereocenters. The van der Waals surface area contributed by atoms with Crippen molar-refractivity contribution in [3.05, 3.63) is 52.2 Å². The Morgan fingerprint density at radius 3 is 2.62 bits per heavy atom. The van der Waals surface area contributed by atoms with Crippen LogP contribution in [0.3, 0.4) is 0 Å². The summed E-state index contributed by atoms with van der Waals surface area (Å²) in [5, 5.41) is 20.4. The van der Waals surface area contributed by atoms with Gasteiger partial charge in [-0.1, -0.05) is 6.07 Å². The Kier molecular flexibility index (Phi) is 3.76. The third-order valence-corrected chi connectivity index (χ3v) is 4.24. The number of sulfonamides is 1. The molecule has 0 spiro atoms. The molecule has 8 nitrogen and oxygen atoms in total. The van der Waals surface area contributed by atoms with E-state index < -0.39 is 14.9 Å². The van der Waals surface area contributed by atoms with Crippen LogP contribution in [-0.4, -0.2) is 23.4 Å². The van der Waals surface area contributed by atoms with Crippen molar-refractivity contribution in [2.45, 2.75) is 11.8 Å². The summed E-state index contributed by atoms with van der Waals surface area (Å²) >= 11 is 0. The van der Waals surface area contributed by atoms with Crippen LogP contribution in [0, 0.1) is 17.0 Å². The molecule has 0 aliphatic carbocycles. The zero-order valence-corrected chi connectivity index (χ0v) is 11.7. The van der Waals surface area contributed by atoms with Gasteiger partial charge in [0.25, 0.3) is 15.7 Å². The van der Waals surface area contributed by atoms with E-state index in [0.29, 0.717) is 0 Å². The van der Waals surface area contributed by atoms with Crippen molar-refractivity contribution in [1.29, 1.82) is 0 Å². The average molecular weight is 309 g/mol. The Morgan fingerprint density at radius 1 is 1.29 bits per heavy atom. The minimum absolute atomic E-state index is 0.00502. The van der Waals surface area contributed by atoms with Gasteiger partial charge in [-0.25, -0.2) is 13.4 Å². The Labute approximate surface area is 120 Å². The average Bonchev–Trinajstić information content (AvgIpc) is 2.41. The SMILES string of the molecule is Cc1c([N+](=O)[O-])cccc1S(=O)(=O)Nc1ncccc1O. The fraction of sp³-hybridized carbons (Fsp3) is 0.0833. The van der Waals surface area contributed by atoms with Crippen molar-refractivity contribution in [3.8, 4) is 5.75 Å². The predicted molar refractivity (Wildman–Crippen MR) is 74.5 cm³/mol. The van der Waals surface area contributed by atoms with Crippen LogP contribution in [0.1, 0.15) is 5.56 Å². The molecule has 2 N–H and O–H groups in total. The lowest BCUT2D eigenvalue weighted by molar-refractivity contribution is -0.385. The van der Waals surface area contributed by atoms with E-state index in [1.807, 2.05) is 0 Å². The number of aromatic hydroxyl groups is 1. The molecule has 21 heavy (non-hydrogen) atoms. The second kappa shape index (κ2) is 5.37. The fourth-order valence-electron chi connectivity index (χ4n) is 1.75. The molecule has 2 aromatic rings. The van der Waals surface area contributed by atoms with Gasteiger partial charge in [0.05, 0.1) is 9.82 Å². The standard InChI is InChI=1S/C12H11N3O5S/c1-8-9(15(17)18)4-2-6-11(8)21(19,20)14-12-10(16)5-3-7-13-12/h2-7,16H,1H3,(H,13,14). The monoisotopic (exact) mass is 309 g/mol. The molecule has 1 heterocycles. The van der Waals surface area contributed by atoms with Gasteiger partial charge in [-0.15, -0.1) is 0 Å². The second-order valence-corrected chi connectivity index (χ2v) is 5.78. The molecule has 0 radical (unpaired) electrons. The number of nitro benzene ring substituents is 1. The van der Waals surface area contributed by atoms with Gasteiger partial charge < -0.3 is 5.11 Å². The third-order valence-electron chi connectivity index (χ3n) is 2.76. The number of nitro groups is 1. The number of hydrogen-bond acceptors (Lipinski definition) is 6. The van der Waals surface area contributed by atoms with Gasteiger partial charge in [-0.05, 0) is 25.1 Å². The van der Waals surface area contributed by atoms with E-state index in [9.17, 15) is 23.6 Å². The summed E-state index contributed by atoms with van der Waals surface area (Å²) in [5.74, 6) is -0.590. The minimum atomic E-state index is -4.10. The summed E-state index contributed by atoms with van der Waals surface area (Å²) in [7, 11) is -4.10. The lowest BCUT2D eigenvalue weighted by atomic mass is 10.2. The fourth-order valence-corrected chi connectivity index (χ4v) is 3.04. The number of pyridine rings is 1. The minimum Gasteiger partial charge on any atom is -0.504 e. The molecule has 0 unspecified atom stereocenters. The number of hydrogen-bond donors (Lipinski definition) is 2. The maximum Gasteiger partial charge on any atom is 0.273 e. The van der Waals surface area contributed by atoms with E-state index in [1.165, 1.54) is 43.5 Å². The van der Waals surface area contributed by atoms with E-state index in [2.05, 4.69) is 9.71 Å². The van der Waals surface area contributed by atoms with Crippen LogP contribution >= 0.6 is 0 Å². The first-order valence-corrected chi connectivity index (χ1v) is 7.22. The van der Waals surface area contributed by atoms with Crippen LogP contribution in [-0.2, 0) is 10.0 Å². The molecule has 9 heteroatoms. The largest absolute Gasteiger partial charge is 0.504 e. The molecule has 0 bridgehead atoms. The normalized spacial score (nSPS) is 11.1. The number of anilines is 1. The molecule has 0 aliphatic heterocycles. The van der Waals surface area contributed by atoms with Crippen LogP contribution < -0.4 is 4.72 Å². The van der Waals surface area contributed by atoms with E-state index >= 15 is 0 Å². The number of rotatable bonds is 4. The Hall–Kier alpha value is -2.68. The van der Waals surface area contributed by atoms with Crippen molar-refractivity contribution in [2.75, 3.05) is 4.72 Å². The molecule has 0 aliphatic rings. The highest BCUT2D eigenvalue weighted by atomic mass is 32.2. The highest BCUT2D eigenvalue weighted by Crippen LogP contribution is 2.27. The summed E-state index contributed by atoms with van der Waals surface area (Å²) in [6, 6.07) is 6.44. The summed E-state index contributed by atoms with van der Waals surface area (Å²) in [6.07, 6.45) is 1.30. The molecule has 0 fully saturated rings. The molecule has 110 valence electrons. The van der Waals surface area contributed by atoms with Crippen LogP contribution in [0.4, 0.5) is 11.5 Å². The van der Waals surface area contributed by atoms with Gasteiger partial charge in [0.1, 0.15) is 0 Å². The first-order valence-electron chi connectivity index (χ1n) is 5.74. The van der Waals surface area contributed by atoms with Gasteiger partial charge in [0.15, 0.2) is 11.6 Å². The molecular weight excluding hydrogens is 298 g/mol. The first kappa shape index (κ1) is 14.7. The highest BCUT2D eigenvalue weighted by molar-refractivity contribution is 7.92. The predicted octanol–water partition coefficient (Wildman–Crippen LogP) is 1.80. The summed E-state index contributed by atoms with van der Waals surface area (Å²) in [5.41, 5.74) is -0.298. The Morgan fingerprint density at radius 2 is 2.00 bits per heavy atom. The van der Waals surface area contributed by atoms with E-state index in [1.54, 1.807) is 0 Å². The van der Waals surface area contributed by atoms with E-state index in [-0.39, 0.29) is 27.7 Å². The van der Waals surface area contributed by atoms with Crippen molar-refractivity contribution < 1.29 is 18.4 Å². The van der Waals surface area contributed by atoms with Crippen LogP contribution in [0.5, 0.6) is 5.75 Å². The molecule has 1 aromatic carbocycles. The molecule has 0 saturated carbocycles. The third kappa shape index (κ3) is 2.92. The highest BCUT2D eigenvalue weighted by Gasteiger charge is 2.24. The van der Waals surface area contributed by atoms with Crippen molar-refractivity contribution >= 4 is 21.5 Å². The molecule has 1 aromatic heterocycles. The second-order valence-electron chi connectivity index (χ2n) is 4.13. The number of nitrogens with one attached hydrogen (secondary N) is 1. The smallest absolute Gasteiger partial charge is 0.273 e. The summed E-state index contributed by atoms with van der Waals surface area (Å²) < 4.78 is 26.6. The number of benzene rings is 1. The summed E-state index contributed by atoms with van der Waals surface area (Å²) in [6.45, 7) is 1.34. The molecule has 0 saturated heterocycles. The van der Waals surface area contributed by atoms with E-state index in [0.717, 1.165) is 0 Å². The Balaban J connectivity index is 2.48. The molecule has 0 amide bonds. The van der Waals surface area contributed by atoms with Crippen molar-refractivity contribution in [1.82, 2.24) is 4.98 Å². The van der Waals surface area contributed by atoms with Crippen LogP contribution in [0.25, 0.3) is 0 Å². The molecule has 2 rings (SSSR count). The quantitative estimate of drug-likeness (QED) is 0.656. The zero-order valence-electron chi connectivity index (χ0n) is 10.8. The van der Waals surface area contributed by atoms with Gasteiger partial charge in [0, 0.05) is 17.8 Å². The lowest BCUT2D eigenvalue weighted by Crippen LogP contribution is -2.15. The number of nitrogens with zero attached hydrogens (tertiary/aromatic N) is 2. The number of aromatic nitrogens is 1. The zero-order chi connectivity index (χ0) is 15.6. The van der Waals surface area contributed by atoms with Gasteiger partial charge in [0.2, 0.25) is 0 Å².